The molecule has 1 aliphatic heterocycles. The molecule has 2 aromatic carbocycles. The molecule has 0 radical (unpaired) electrons. The highest BCUT2D eigenvalue weighted by Gasteiger charge is 2.44. The Bertz CT molecular complexity index is 1080. The van der Waals surface area contributed by atoms with E-state index in [0.29, 0.717) is 19.4 Å². The van der Waals surface area contributed by atoms with E-state index in [-0.39, 0.29) is 30.9 Å². The number of likely N-dealkylation sites (tertiary alicyclic amines) is 1. The fraction of sp³-hybridized carbons (Fsp3) is 0.444. The Morgan fingerprint density at radius 1 is 1.09 bits per heavy atom. The predicted octanol–water partition coefficient (Wildman–Crippen LogP) is 4.02. The first-order valence-electron chi connectivity index (χ1n) is 12.0. The minimum atomic E-state index is -0.953. The highest BCUT2D eigenvalue weighted by atomic mass is 16.5. The van der Waals surface area contributed by atoms with E-state index >= 15 is 0 Å². The maximum atomic E-state index is 13.3. The van der Waals surface area contributed by atoms with Crippen molar-refractivity contribution in [2.75, 3.05) is 19.7 Å². The van der Waals surface area contributed by atoms with Crippen LogP contribution in [0.5, 0.6) is 0 Å². The summed E-state index contributed by atoms with van der Waals surface area (Å²) in [6.07, 6.45) is 2.30. The average Bonchev–Trinajstić information content (AvgIpc) is 3.63. The van der Waals surface area contributed by atoms with Gasteiger partial charge in [0, 0.05) is 19.0 Å². The SMILES string of the molecule is CC1(C(=O)O)CCCN(C(=O)C(NC(=O)OCC2c3ccccc3-c3ccccc32)C2CC2)C1. The van der Waals surface area contributed by atoms with Crippen LogP contribution in [0.4, 0.5) is 4.79 Å². The van der Waals surface area contributed by atoms with Gasteiger partial charge in [-0.2, -0.15) is 0 Å². The molecular weight excluding hydrogens is 432 g/mol. The van der Waals surface area contributed by atoms with Crippen LogP contribution in [-0.2, 0) is 14.3 Å². The fourth-order valence-electron chi connectivity index (χ4n) is 5.38. The van der Waals surface area contributed by atoms with Crippen LogP contribution in [0.25, 0.3) is 11.1 Å². The van der Waals surface area contributed by atoms with E-state index in [1.54, 1.807) is 11.8 Å². The molecule has 1 heterocycles. The lowest BCUT2D eigenvalue weighted by molar-refractivity contribution is -0.154. The number of benzene rings is 2. The lowest BCUT2D eigenvalue weighted by atomic mass is 9.82. The van der Waals surface area contributed by atoms with Gasteiger partial charge in [-0.1, -0.05) is 48.5 Å². The van der Waals surface area contributed by atoms with Gasteiger partial charge in [0.15, 0.2) is 0 Å². The second-order valence-electron chi connectivity index (χ2n) is 10.0. The van der Waals surface area contributed by atoms with Gasteiger partial charge in [0.2, 0.25) is 5.91 Å². The molecule has 0 aromatic heterocycles. The number of hydrogen-bond acceptors (Lipinski definition) is 4. The summed E-state index contributed by atoms with van der Waals surface area (Å²) in [4.78, 5) is 39.4. The minimum Gasteiger partial charge on any atom is -0.481 e. The lowest BCUT2D eigenvalue weighted by Crippen LogP contribution is -2.55. The maximum absolute atomic E-state index is 13.3. The van der Waals surface area contributed by atoms with Gasteiger partial charge in [0.05, 0.1) is 5.41 Å². The van der Waals surface area contributed by atoms with E-state index in [1.807, 2.05) is 24.3 Å². The van der Waals surface area contributed by atoms with Crippen molar-refractivity contribution >= 4 is 18.0 Å². The Morgan fingerprint density at radius 2 is 1.71 bits per heavy atom. The molecule has 34 heavy (non-hydrogen) atoms. The number of aliphatic carboxylic acids is 1. The summed E-state index contributed by atoms with van der Waals surface area (Å²) in [5, 5.41) is 12.4. The van der Waals surface area contributed by atoms with Crippen molar-refractivity contribution in [2.24, 2.45) is 11.3 Å². The van der Waals surface area contributed by atoms with E-state index < -0.39 is 23.5 Å². The quantitative estimate of drug-likeness (QED) is 0.676. The number of carbonyl (C=O) groups is 3. The van der Waals surface area contributed by atoms with Gasteiger partial charge in [-0.05, 0) is 60.8 Å². The molecule has 2 N–H and O–H groups in total. The Morgan fingerprint density at radius 3 is 2.29 bits per heavy atom. The first-order valence-corrected chi connectivity index (χ1v) is 12.0. The van der Waals surface area contributed by atoms with Crippen molar-refractivity contribution in [3.63, 3.8) is 0 Å². The molecule has 5 rings (SSSR count). The summed E-state index contributed by atoms with van der Waals surface area (Å²) >= 11 is 0. The number of ether oxygens (including phenoxy) is 1. The molecule has 178 valence electrons. The molecule has 0 spiro atoms. The van der Waals surface area contributed by atoms with Crippen molar-refractivity contribution < 1.29 is 24.2 Å². The zero-order valence-corrected chi connectivity index (χ0v) is 19.3. The number of carbonyl (C=O) groups excluding carboxylic acids is 2. The zero-order chi connectivity index (χ0) is 23.9. The first-order chi connectivity index (χ1) is 16.4. The number of fused-ring (bicyclic) bond motifs is 3. The van der Waals surface area contributed by atoms with Crippen molar-refractivity contribution in [1.29, 1.82) is 0 Å². The number of carboxylic acid groups (broad SMARTS) is 1. The Hall–Kier alpha value is -3.35. The predicted molar refractivity (Wildman–Crippen MR) is 126 cm³/mol. The monoisotopic (exact) mass is 462 g/mol. The lowest BCUT2D eigenvalue weighted by Gasteiger charge is -2.39. The fourth-order valence-corrected chi connectivity index (χ4v) is 5.38. The number of alkyl carbamates (subject to hydrolysis) is 1. The van der Waals surface area contributed by atoms with Crippen molar-refractivity contribution in [3.05, 3.63) is 59.7 Å². The van der Waals surface area contributed by atoms with Crippen LogP contribution in [0.3, 0.4) is 0 Å². The summed E-state index contributed by atoms with van der Waals surface area (Å²) < 4.78 is 5.65. The van der Waals surface area contributed by atoms with Crippen LogP contribution < -0.4 is 5.32 Å². The van der Waals surface area contributed by atoms with E-state index in [9.17, 15) is 19.5 Å². The van der Waals surface area contributed by atoms with Crippen LogP contribution in [0, 0.1) is 11.3 Å². The molecule has 2 unspecified atom stereocenters. The molecule has 1 saturated heterocycles. The van der Waals surface area contributed by atoms with E-state index in [0.717, 1.165) is 35.1 Å². The molecule has 2 aliphatic carbocycles. The molecule has 1 saturated carbocycles. The molecule has 7 heteroatoms. The molecule has 2 aromatic rings. The number of nitrogens with one attached hydrogen (secondary N) is 1. The second kappa shape index (κ2) is 8.78. The largest absolute Gasteiger partial charge is 0.481 e. The number of nitrogens with zero attached hydrogens (tertiary/aromatic N) is 1. The average molecular weight is 463 g/mol. The maximum Gasteiger partial charge on any atom is 0.407 e. The first kappa shape index (κ1) is 22.4. The highest BCUT2D eigenvalue weighted by molar-refractivity contribution is 5.87. The van der Waals surface area contributed by atoms with Crippen LogP contribution in [-0.4, -0.2) is 53.7 Å². The topological polar surface area (TPSA) is 95.9 Å². The van der Waals surface area contributed by atoms with Crippen molar-refractivity contribution in [1.82, 2.24) is 10.2 Å². The van der Waals surface area contributed by atoms with Gasteiger partial charge in [-0.15, -0.1) is 0 Å². The molecule has 2 amide bonds. The van der Waals surface area contributed by atoms with Gasteiger partial charge >= 0.3 is 12.1 Å². The van der Waals surface area contributed by atoms with Crippen LogP contribution in [0.1, 0.15) is 49.7 Å². The molecule has 0 bridgehead atoms. The zero-order valence-electron chi connectivity index (χ0n) is 19.3. The van der Waals surface area contributed by atoms with E-state index in [1.165, 1.54) is 0 Å². The van der Waals surface area contributed by atoms with Gasteiger partial charge in [0.1, 0.15) is 12.6 Å². The number of carboxylic acids is 1. The van der Waals surface area contributed by atoms with Crippen molar-refractivity contribution in [2.45, 2.75) is 44.6 Å². The summed E-state index contributed by atoms with van der Waals surface area (Å²) in [5.41, 5.74) is 3.63. The Balaban J connectivity index is 1.25. The number of piperidine rings is 1. The summed E-state index contributed by atoms with van der Waals surface area (Å²) in [7, 11) is 0. The van der Waals surface area contributed by atoms with Crippen LogP contribution >= 0.6 is 0 Å². The van der Waals surface area contributed by atoms with Gasteiger partial charge in [0.25, 0.3) is 0 Å². The van der Waals surface area contributed by atoms with Gasteiger partial charge in [-0.3, -0.25) is 9.59 Å². The third-order valence-electron chi connectivity index (χ3n) is 7.50. The molecular formula is C27H30N2O5. The smallest absolute Gasteiger partial charge is 0.407 e. The summed E-state index contributed by atoms with van der Waals surface area (Å²) in [6, 6.07) is 15.6. The summed E-state index contributed by atoms with van der Waals surface area (Å²) in [6.45, 7) is 2.54. The third-order valence-corrected chi connectivity index (χ3v) is 7.50. The van der Waals surface area contributed by atoms with Crippen molar-refractivity contribution in [3.8, 4) is 11.1 Å². The molecule has 7 nitrogen and oxygen atoms in total. The van der Waals surface area contributed by atoms with Gasteiger partial charge in [-0.25, -0.2) is 4.79 Å². The van der Waals surface area contributed by atoms with Gasteiger partial charge < -0.3 is 20.1 Å². The van der Waals surface area contributed by atoms with Crippen LogP contribution in [0.15, 0.2) is 48.5 Å². The van der Waals surface area contributed by atoms with Crippen LogP contribution in [0.2, 0.25) is 0 Å². The normalized spacial score (nSPS) is 22.4. The third kappa shape index (κ3) is 4.15. The molecule has 2 fully saturated rings. The minimum absolute atomic E-state index is 0.0494. The molecule has 2 atom stereocenters. The number of amides is 2. The number of rotatable bonds is 6. The second-order valence-corrected chi connectivity index (χ2v) is 10.0. The van der Waals surface area contributed by atoms with E-state index in [2.05, 4.69) is 29.6 Å². The Kier molecular flexibility index (Phi) is 5.80. The highest BCUT2D eigenvalue weighted by Crippen LogP contribution is 2.44. The Labute approximate surface area is 199 Å². The van der Waals surface area contributed by atoms with E-state index in [4.69, 9.17) is 4.74 Å². The standard InChI is InChI=1S/C27H30N2O5/c1-27(25(31)32)13-6-14-29(16-27)24(30)23(17-11-12-17)28-26(33)34-15-22-20-9-4-2-7-18(20)19-8-3-5-10-21(19)22/h2-5,7-10,17,22-23H,6,11-16H2,1H3,(H,28,33)(H,31,32). The molecule has 3 aliphatic rings. The number of hydrogen-bond donors (Lipinski definition) is 2. The summed E-state index contributed by atoms with van der Waals surface area (Å²) in [5.74, 6) is -1.07.